The number of anilines is 1. The van der Waals surface area contributed by atoms with Crippen molar-refractivity contribution in [3.8, 4) is 0 Å². The molecule has 0 radical (unpaired) electrons. The van der Waals surface area contributed by atoms with E-state index in [1.165, 1.54) is 11.8 Å². The van der Waals surface area contributed by atoms with Crippen LogP contribution in [0.25, 0.3) is 11.0 Å². The standard InChI is InChI=1S/C21H24N4O2S/c1-4-25-17-11-6-5-10-16(17)23-21(25)28-13-19(27)22-12-18(26)24-20-14(2)8-7-9-15(20)3/h5-11H,4,12-13H2,1-3H3,(H,22,27)(H,24,26). The molecule has 1 heterocycles. The number of benzene rings is 2. The van der Waals surface area contributed by atoms with Crippen molar-refractivity contribution in [3.63, 3.8) is 0 Å². The van der Waals surface area contributed by atoms with E-state index in [4.69, 9.17) is 0 Å². The topological polar surface area (TPSA) is 76.0 Å². The minimum atomic E-state index is -0.239. The third kappa shape index (κ3) is 4.54. The van der Waals surface area contributed by atoms with Crippen molar-refractivity contribution in [1.82, 2.24) is 14.9 Å². The molecule has 0 bridgehead atoms. The van der Waals surface area contributed by atoms with E-state index >= 15 is 0 Å². The summed E-state index contributed by atoms with van der Waals surface area (Å²) < 4.78 is 2.08. The van der Waals surface area contributed by atoms with Crippen molar-refractivity contribution in [2.75, 3.05) is 17.6 Å². The lowest BCUT2D eigenvalue weighted by atomic mass is 10.1. The number of aromatic nitrogens is 2. The van der Waals surface area contributed by atoms with Gasteiger partial charge in [-0.1, -0.05) is 42.1 Å². The van der Waals surface area contributed by atoms with E-state index in [9.17, 15) is 9.59 Å². The quantitative estimate of drug-likeness (QED) is 0.599. The zero-order valence-electron chi connectivity index (χ0n) is 16.3. The van der Waals surface area contributed by atoms with Crippen molar-refractivity contribution in [3.05, 3.63) is 53.6 Å². The molecule has 1 aromatic heterocycles. The molecule has 3 rings (SSSR count). The number of nitrogens with one attached hydrogen (secondary N) is 2. The molecular formula is C21H24N4O2S. The minimum absolute atomic E-state index is 0.0582. The van der Waals surface area contributed by atoms with Crippen LogP contribution < -0.4 is 10.6 Å². The average molecular weight is 397 g/mol. The van der Waals surface area contributed by atoms with Crippen LogP contribution in [0.2, 0.25) is 0 Å². The molecule has 3 aromatic rings. The highest BCUT2D eigenvalue weighted by molar-refractivity contribution is 7.99. The first-order chi connectivity index (χ1) is 13.5. The van der Waals surface area contributed by atoms with Crippen molar-refractivity contribution < 1.29 is 9.59 Å². The van der Waals surface area contributed by atoms with E-state index in [1.54, 1.807) is 0 Å². The average Bonchev–Trinajstić information content (AvgIpc) is 3.05. The van der Waals surface area contributed by atoms with Gasteiger partial charge in [0.2, 0.25) is 11.8 Å². The maximum absolute atomic E-state index is 12.2. The Hall–Kier alpha value is -2.80. The van der Waals surface area contributed by atoms with Crippen LogP contribution in [-0.4, -0.2) is 33.7 Å². The largest absolute Gasteiger partial charge is 0.346 e. The van der Waals surface area contributed by atoms with Gasteiger partial charge >= 0.3 is 0 Å². The molecule has 28 heavy (non-hydrogen) atoms. The molecule has 2 amide bonds. The molecule has 2 aromatic carbocycles. The van der Waals surface area contributed by atoms with Crippen LogP contribution in [-0.2, 0) is 16.1 Å². The summed E-state index contributed by atoms with van der Waals surface area (Å²) in [6.07, 6.45) is 0. The number of aryl methyl sites for hydroxylation is 3. The van der Waals surface area contributed by atoms with Gasteiger partial charge in [-0.15, -0.1) is 0 Å². The molecule has 0 aliphatic rings. The summed E-state index contributed by atoms with van der Waals surface area (Å²) >= 11 is 1.37. The van der Waals surface area contributed by atoms with E-state index in [1.807, 2.05) is 56.3 Å². The first-order valence-corrected chi connectivity index (χ1v) is 10.2. The molecular weight excluding hydrogens is 372 g/mol. The number of hydrogen-bond donors (Lipinski definition) is 2. The Morgan fingerprint density at radius 3 is 2.46 bits per heavy atom. The second-order valence-electron chi connectivity index (χ2n) is 6.51. The third-order valence-corrected chi connectivity index (χ3v) is 5.44. The number of carbonyl (C=O) groups excluding carboxylic acids is 2. The van der Waals surface area contributed by atoms with Gasteiger partial charge in [0.05, 0.1) is 23.3 Å². The zero-order chi connectivity index (χ0) is 20.1. The van der Waals surface area contributed by atoms with E-state index in [-0.39, 0.29) is 24.1 Å². The van der Waals surface area contributed by atoms with E-state index in [0.29, 0.717) is 0 Å². The normalized spacial score (nSPS) is 10.8. The first-order valence-electron chi connectivity index (χ1n) is 9.20. The molecule has 0 saturated heterocycles. The predicted molar refractivity (Wildman–Crippen MR) is 114 cm³/mol. The Kier molecular flexibility index (Phi) is 6.36. The highest BCUT2D eigenvalue weighted by atomic mass is 32.2. The molecule has 0 unspecified atom stereocenters. The summed E-state index contributed by atoms with van der Waals surface area (Å²) in [5.74, 6) is -0.229. The van der Waals surface area contributed by atoms with Gasteiger partial charge in [0, 0.05) is 12.2 Å². The molecule has 0 spiro atoms. The highest BCUT2D eigenvalue weighted by Crippen LogP contribution is 2.23. The number of nitrogens with zero attached hydrogens (tertiary/aromatic N) is 2. The van der Waals surface area contributed by atoms with Gasteiger partial charge in [-0.3, -0.25) is 9.59 Å². The lowest BCUT2D eigenvalue weighted by molar-refractivity contribution is -0.122. The molecule has 0 aliphatic heterocycles. The highest BCUT2D eigenvalue weighted by Gasteiger charge is 2.13. The van der Waals surface area contributed by atoms with Crippen LogP contribution >= 0.6 is 11.8 Å². The summed E-state index contributed by atoms with van der Waals surface area (Å²) in [5.41, 5.74) is 4.76. The lowest BCUT2D eigenvalue weighted by Gasteiger charge is -2.12. The van der Waals surface area contributed by atoms with E-state index in [2.05, 4.69) is 27.1 Å². The molecule has 146 valence electrons. The number of amides is 2. The number of para-hydroxylation sites is 3. The number of thioether (sulfide) groups is 1. The lowest BCUT2D eigenvalue weighted by Crippen LogP contribution is -2.34. The second kappa shape index (κ2) is 8.93. The maximum Gasteiger partial charge on any atom is 0.243 e. The maximum atomic E-state index is 12.2. The number of fused-ring (bicyclic) bond motifs is 1. The van der Waals surface area contributed by atoms with Crippen LogP contribution in [0.4, 0.5) is 5.69 Å². The van der Waals surface area contributed by atoms with Gasteiger partial charge in [0.1, 0.15) is 0 Å². The molecule has 0 fully saturated rings. The number of carbonyl (C=O) groups is 2. The van der Waals surface area contributed by atoms with Gasteiger partial charge < -0.3 is 15.2 Å². The van der Waals surface area contributed by atoms with E-state index in [0.717, 1.165) is 39.5 Å². The fourth-order valence-corrected chi connectivity index (χ4v) is 3.93. The van der Waals surface area contributed by atoms with Crippen molar-refractivity contribution in [2.45, 2.75) is 32.5 Å². The van der Waals surface area contributed by atoms with Crippen LogP contribution in [0, 0.1) is 13.8 Å². The Balaban J connectivity index is 1.53. The van der Waals surface area contributed by atoms with Crippen molar-refractivity contribution >= 4 is 40.3 Å². The van der Waals surface area contributed by atoms with Gasteiger partial charge in [0.15, 0.2) is 5.16 Å². The fraction of sp³-hybridized carbons (Fsp3) is 0.286. The van der Waals surface area contributed by atoms with Gasteiger partial charge in [0.25, 0.3) is 0 Å². The molecule has 7 heteroatoms. The Morgan fingerprint density at radius 1 is 1.04 bits per heavy atom. The Labute approximate surface area is 168 Å². The fourth-order valence-electron chi connectivity index (χ4n) is 3.02. The number of imidazole rings is 1. The molecule has 6 nitrogen and oxygen atoms in total. The summed E-state index contributed by atoms with van der Waals surface area (Å²) in [6.45, 7) is 6.66. The summed E-state index contributed by atoms with van der Waals surface area (Å²) in [7, 11) is 0. The molecule has 0 saturated carbocycles. The Bertz CT molecular complexity index is 993. The second-order valence-corrected chi connectivity index (χ2v) is 7.45. The van der Waals surface area contributed by atoms with Crippen molar-refractivity contribution in [1.29, 1.82) is 0 Å². The number of hydrogen-bond acceptors (Lipinski definition) is 4. The third-order valence-electron chi connectivity index (χ3n) is 4.46. The zero-order valence-corrected chi connectivity index (χ0v) is 17.1. The SMILES string of the molecule is CCn1c(SCC(=O)NCC(=O)Nc2c(C)cccc2C)nc2ccccc21. The van der Waals surface area contributed by atoms with Crippen LogP contribution in [0.1, 0.15) is 18.1 Å². The van der Waals surface area contributed by atoms with E-state index < -0.39 is 0 Å². The smallest absolute Gasteiger partial charge is 0.243 e. The Morgan fingerprint density at radius 2 is 1.75 bits per heavy atom. The van der Waals surface area contributed by atoms with Gasteiger partial charge in [-0.25, -0.2) is 4.98 Å². The van der Waals surface area contributed by atoms with Crippen molar-refractivity contribution in [2.24, 2.45) is 0 Å². The molecule has 2 N–H and O–H groups in total. The van der Waals surface area contributed by atoms with Crippen LogP contribution in [0.15, 0.2) is 47.6 Å². The first kappa shape index (κ1) is 19.9. The van der Waals surface area contributed by atoms with Crippen LogP contribution in [0.3, 0.4) is 0 Å². The summed E-state index contributed by atoms with van der Waals surface area (Å²) in [6, 6.07) is 13.7. The molecule has 0 aliphatic carbocycles. The summed E-state index contributed by atoms with van der Waals surface area (Å²) in [5, 5.41) is 6.35. The molecule has 0 atom stereocenters. The predicted octanol–water partition coefficient (Wildman–Crippen LogP) is 3.52. The summed E-state index contributed by atoms with van der Waals surface area (Å²) in [4.78, 5) is 28.9. The van der Waals surface area contributed by atoms with Gasteiger partial charge in [-0.05, 0) is 44.0 Å². The monoisotopic (exact) mass is 396 g/mol. The van der Waals surface area contributed by atoms with Crippen LogP contribution in [0.5, 0.6) is 0 Å². The minimum Gasteiger partial charge on any atom is -0.346 e. The number of rotatable bonds is 7. The van der Waals surface area contributed by atoms with Gasteiger partial charge in [-0.2, -0.15) is 0 Å².